The first kappa shape index (κ1) is 20.5. The maximum absolute atomic E-state index is 13.6. The summed E-state index contributed by atoms with van der Waals surface area (Å²) in [6.07, 6.45) is 5.03. The zero-order valence-corrected chi connectivity index (χ0v) is 15.7. The fourth-order valence-electron chi connectivity index (χ4n) is 3.74. The number of methoxy groups -OCH3 is 1. The molecule has 1 aromatic carbocycles. The molecule has 7 heteroatoms. The van der Waals surface area contributed by atoms with Gasteiger partial charge in [0.05, 0.1) is 6.10 Å². The fraction of sp³-hybridized carbons (Fsp3) is 0.476. The second kappa shape index (κ2) is 8.39. The van der Waals surface area contributed by atoms with Crippen molar-refractivity contribution in [1.29, 1.82) is 0 Å². The smallest absolute Gasteiger partial charge is 0.421 e. The molecule has 1 saturated carbocycles. The van der Waals surface area contributed by atoms with E-state index in [1.807, 2.05) is 0 Å². The molecule has 2 unspecified atom stereocenters. The fourth-order valence-corrected chi connectivity index (χ4v) is 3.74. The van der Waals surface area contributed by atoms with E-state index in [1.165, 1.54) is 18.2 Å². The van der Waals surface area contributed by atoms with E-state index in [1.54, 1.807) is 24.3 Å². The normalized spacial score (nSPS) is 25.1. The van der Waals surface area contributed by atoms with Crippen LogP contribution < -0.4 is 10.1 Å². The Morgan fingerprint density at radius 3 is 2.68 bits per heavy atom. The number of hydrogen-bond donors (Lipinski definition) is 1. The Morgan fingerprint density at radius 2 is 2.00 bits per heavy atom. The Hall–Kier alpha value is -2.28. The van der Waals surface area contributed by atoms with Gasteiger partial charge in [-0.15, -0.1) is 0 Å². The van der Waals surface area contributed by atoms with Crippen LogP contribution in [0.15, 0.2) is 48.6 Å². The van der Waals surface area contributed by atoms with Crippen LogP contribution in [-0.4, -0.2) is 37.4 Å². The highest BCUT2D eigenvalue weighted by Crippen LogP contribution is 2.42. The number of amides is 1. The van der Waals surface area contributed by atoms with Crippen molar-refractivity contribution in [1.82, 2.24) is 5.32 Å². The highest BCUT2D eigenvalue weighted by Gasteiger charge is 2.58. The van der Waals surface area contributed by atoms with E-state index in [0.29, 0.717) is 11.3 Å². The van der Waals surface area contributed by atoms with Crippen molar-refractivity contribution >= 4 is 5.91 Å². The van der Waals surface area contributed by atoms with Gasteiger partial charge in [-0.1, -0.05) is 24.3 Å². The third-order valence-corrected chi connectivity index (χ3v) is 5.31. The van der Waals surface area contributed by atoms with Crippen LogP contribution in [0.4, 0.5) is 13.2 Å². The van der Waals surface area contributed by atoms with E-state index in [2.05, 4.69) is 5.32 Å². The molecule has 152 valence electrons. The third kappa shape index (κ3) is 4.24. The van der Waals surface area contributed by atoms with Crippen LogP contribution in [0.25, 0.3) is 0 Å². The van der Waals surface area contributed by atoms with Gasteiger partial charge >= 0.3 is 6.18 Å². The number of halogens is 3. The molecule has 0 spiro atoms. The predicted molar refractivity (Wildman–Crippen MR) is 99.2 cm³/mol. The summed E-state index contributed by atoms with van der Waals surface area (Å²) >= 11 is 0. The van der Waals surface area contributed by atoms with Crippen LogP contribution in [0.2, 0.25) is 0 Å². The quantitative estimate of drug-likeness (QED) is 0.775. The molecule has 0 radical (unpaired) electrons. The number of ether oxygens (including phenoxy) is 2. The van der Waals surface area contributed by atoms with Gasteiger partial charge in [0.1, 0.15) is 5.75 Å². The van der Waals surface area contributed by atoms with Crippen LogP contribution in [0.1, 0.15) is 36.0 Å². The summed E-state index contributed by atoms with van der Waals surface area (Å²) in [6, 6.07) is 6.72. The molecular weight excluding hydrogens is 371 g/mol. The minimum Gasteiger partial charge on any atom is -0.490 e. The summed E-state index contributed by atoms with van der Waals surface area (Å²) in [4.78, 5) is 12.5. The largest absolute Gasteiger partial charge is 0.490 e. The van der Waals surface area contributed by atoms with E-state index in [0.717, 1.165) is 38.9 Å². The van der Waals surface area contributed by atoms with E-state index >= 15 is 0 Å². The van der Waals surface area contributed by atoms with Gasteiger partial charge in [0.25, 0.3) is 5.91 Å². The summed E-state index contributed by atoms with van der Waals surface area (Å²) in [5.41, 5.74) is -2.11. The average molecular weight is 395 g/mol. The molecule has 3 rings (SSSR count). The number of rotatable bonds is 6. The summed E-state index contributed by atoms with van der Waals surface area (Å²) in [6.45, 7) is -0.208. The summed E-state index contributed by atoms with van der Waals surface area (Å²) < 4.78 is 51.5. The molecular formula is C21H24F3NO3. The van der Waals surface area contributed by atoms with Gasteiger partial charge in [-0.25, -0.2) is 0 Å². The standard InChI is InChI=1S/C21H24F3NO3/c1-27-20(21(22,23)24)12-5-4-8-16(20)14-25-19(26)15-7-6-11-18(13-15)28-17-9-2-3-10-17/h4-8,11-13,16-17H,2-3,9-10,14H2,1H3,(H,25,26). The minimum absolute atomic E-state index is 0.159. The number of hydrogen-bond acceptors (Lipinski definition) is 3. The average Bonchev–Trinajstić information content (AvgIpc) is 3.18. The first-order chi connectivity index (χ1) is 13.4. The topological polar surface area (TPSA) is 47.6 Å². The lowest BCUT2D eigenvalue weighted by Crippen LogP contribution is -2.54. The minimum atomic E-state index is -4.60. The van der Waals surface area contributed by atoms with Crippen molar-refractivity contribution in [2.75, 3.05) is 13.7 Å². The Labute approximate surface area is 162 Å². The number of carbonyl (C=O) groups is 1. The molecule has 1 N–H and O–H groups in total. The zero-order valence-electron chi connectivity index (χ0n) is 15.7. The van der Waals surface area contributed by atoms with E-state index < -0.39 is 23.6 Å². The monoisotopic (exact) mass is 395 g/mol. The second-order valence-electron chi connectivity index (χ2n) is 7.11. The van der Waals surface area contributed by atoms with Gasteiger partial charge < -0.3 is 14.8 Å². The lowest BCUT2D eigenvalue weighted by molar-refractivity contribution is -0.262. The Morgan fingerprint density at radius 1 is 1.25 bits per heavy atom. The van der Waals surface area contributed by atoms with Crippen molar-refractivity contribution in [3.05, 3.63) is 54.1 Å². The van der Waals surface area contributed by atoms with Crippen molar-refractivity contribution in [3.8, 4) is 5.75 Å². The van der Waals surface area contributed by atoms with E-state index in [-0.39, 0.29) is 12.6 Å². The first-order valence-electron chi connectivity index (χ1n) is 9.38. The number of allylic oxidation sites excluding steroid dienone is 2. The van der Waals surface area contributed by atoms with Crippen molar-refractivity contribution in [3.63, 3.8) is 0 Å². The zero-order chi connectivity index (χ0) is 20.2. The molecule has 1 fully saturated rings. The van der Waals surface area contributed by atoms with Crippen LogP contribution in [0, 0.1) is 5.92 Å². The first-order valence-corrected chi connectivity index (χ1v) is 9.38. The van der Waals surface area contributed by atoms with Crippen molar-refractivity contribution in [2.45, 2.75) is 43.6 Å². The molecule has 28 heavy (non-hydrogen) atoms. The summed E-state index contributed by atoms with van der Waals surface area (Å²) in [5.74, 6) is -0.919. The maximum Gasteiger partial charge on any atom is 0.421 e. The SMILES string of the molecule is COC1(C(F)(F)F)C=CC=CC1CNC(=O)c1cccc(OC2CCCC2)c1. The van der Waals surface area contributed by atoms with Crippen LogP contribution in [-0.2, 0) is 4.74 Å². The van der Waals surface area contributed by atoms with Gasteiger partial charge in [-0.2, -0.15) is 13.2 Å². The van der Waals surface area contributed by atoms with Gasteiger partial charge in [0.2, 0.25) is 0 Å². The third-order valence-electron chi connectivity index (χ3n) is 5.31. The van der Waals surface area contributed by atoms with Crippen molar-refractivity contribution < 1.29 is 27.4 Å². The Bertz CT molecular complexity index is 754. The highest BCUT2D eigenvalue weighted by molar-refractivity contribution is 5.94. The van der Waals surface area contributed by atoms with Gasteiger partial charge in [0.15, 0.2) is 5.60 Å². The molecule has 1 amide bonds. The predicted octanol–water partition coefficient (Wildman–Crippen LogP) is 4.43. The Balaban J connectivity index is 1.66. The van der Waals surface area contributed by atoms with E-state index in [4.69, 9.17) is 9.47 Å². The number of alkyl halides is 3. The van der Waals surface area contributed by atoms with Gasteiger partial charge in [-0.3, -0.25) is 4.79 Å². The summed E-state index contributed by atoms with van der Waals surface area (Å²) in [7, 11) is 1.02. The summed E-state index contributed by atoms with van der Waals surface area (Å²) in [5, 5.41) is 2.59. The number of benzene rings is 1. The van der Waals surface area contributed by atoms with Gasteiger partial charge in [-0.05, 0) is 50.0 Å². The molecule has 2 aliphatic carbocycles. The lowest BCUT2D eigenvalue weighted by atomic mass is 9.82. The Kier molecular flexibility index (Phi) is 6.13. The number of carbonyl (C=O) groups excluding carboxylic acids is 1. The molecule has 0 aliphatic heterocycles. The van der Waals surface area contributed by atoms with Gasteiger partial charge in [0, 0.05) is 25.1 Å². The molecule has 2 aliphatic rings. The maximum atomic E-state index is 13.6. The lowest BCUT2D eigenvalue weighted by Gasteiger charge is -2.38. The van der Waals surface area contributed by atoms with Crippen LogP contribution in [0.5, 0.6) is 5.75 Å². The molecule has 0 saturated heterocycles. The molecule has 0 heterocycles. The van der Waals surface area contributed by atoms with E-state index in [9.17, 15) is 18.0 Å². The molecule has 0 aromatic heterocycles. The molecule has 0 bridgehead atoms. The highest BCUT2D eigenvalue weighted by atomic mass is 19.4. The van der Waals surface area contributed by atoms with Crippen molar-refractivity contribution in [2.24, 2.45) is 5.92 Å². The molecule has 4 nitrogen and oxygen atoms in total. The number of nitrogens with one attached hydrogen (secondary N) is 1. The van der Waals surface area contributed by atoms with Crippen LogP contribution in [0.3, 0.4) is 0 Å². The van der Waals surface area contributed by atoms with Crippen LogP contribution >= 0.6 is 0 Å². The molecule has 2 atom stereocenters. The second-order valence-corrected chi connectivity index (χ2v) is 7.11. The molecule has 1 aromatic rings.